The number of benzene rings is 2. The van der Waals surface area contributed by atoms with Crippen molar-refractivity contribution in [1.82, 2.24) is 4.37 Å². The Bertz CT molecular complexity index is 662. The van der Waals surface area contributed by atoms with E-state index in [1.807, 2.05) is 18.2 Å². The number of nitrogens with zero attached hydrogens (tertiary/aromatic N) is 1. The van der Waals surface area contributed by atoms with Gasteiger partial charge in [0.15, 0.2) is 0 Å². The summed E-state index contributed by atoms with van der Waals surface area (Å²) >= 11 is 6.68. The first-order valence-corrected chi connectivity index (χ1v) is 8.15. The van der Waals surface area contributed by atoms with Crippen LogP contribution in [-0.2, 0) is 0 Å². The molecule has 0 amide bonds. The van der Waals surface area contributed by atoms with Crippen LogP contribution in [0.25, 0.3) is 10.4 Å². The van der Waals surface area contributed by atoms with Gasteiger partial charge in [-0.05, 0) is 47.4 Å². The van der Waals surface area contributed by atoms with Crippen LogP contribution < -0.4 is 0 Å². The summed E-state index contributed by atoms with van der Waals surface area (Å²) in [6.07, 6.45) is 0. The topological polar surface area (TPSA) is 12.9 Å². The normalized spacial score (nSPS) is 10.6. The van der Waals surface area contributed by atoms with E-state index in [1.54, 1.807) is 23.3 Å². The zero-order chi connectivity index (χ0) is 13.1. The van der Waals surface area contributed by atoms with Crippen molar-refractivity contribution in [2.75, 3.05) is 0 Å². The summed E-state index contributed by atoms with van der Waals surface area (Å²) < 4.78 is 5.60. The molecule has 1 nitrogen and oxygen atoms in total. The van der Waals surface area contributed by atoms with Gasteiger partial charge in [0.25, 0.3) is 0 Å². The second kappa shape index (κ2) is 5.90. The Labute approximate surface area is 129 Å². The summed E-state index contributed by atoms with van der Waals surface area (Å²) in [4.78, 5) is 2.41. The molecule has 2 aromatic carbocycles. The monoisotopic (exact) mass is 347 g/mol. The quantitative estimate of drug-likeness (QED) is 0.600. The Balaban J connectivity index is 1.80. The van der Waals surface area contributed by atoms with Crippen molar-refractivity contribution in [3.05, 3.63) is 65.1 Å². The maximum atomic E-state index is 4.50. The average Bonchev–Trinajstić information content (AvgIpc) is 2.91. The molecular weight excluding hydrogens is 338 g/mol. The first-order chi connectivity index (χ1) is 9.31. The van der Waals surface area contributed by atoms with Crippen LogP contribution in [0.2, 0.25) is 0 Å². The van der Waals surface area contributed by atoms with Crippen molar-refractivity contribution in [2.45, 2.75) is 9.92 Å². The molecule has 0 radical (unpaired) electrons. The molecule has 1 aromatic heterocycles. The molecule has 4 heteroatoms. The lowest BCUT2D eigenvalue weighted by Gasteiger charge is -1.97. The summed E-state index contributed by atoms with van der Waals surface area (Å²) in [6.45, 7) is 0. The van der Waals surface area contributed by atoms with Gasteiger partial charge in [-0.2, -0.15) is 4.37 Å². The number of halogens is 1. The standard InChI is InChI=1S/C15H10BrNS2/c16-12-6-8-13(9-7-12)18-15-10-14(19-17-15)11-4-2-1-3-5-11/h1-10H. The van der Waals surface area contributed by atoms with Crippen molar-refractivity contribution in [1.29, 1.82) is 0 Å². The Morgan fingerprint density at radius 2 is 1.68 bits per heavy atom. The largest absolute Gasteiger partial charge is 0.185 e. The Hall–Kier alpha value is -1.10. The van der Waals surface area contributed by atoms with Gasteiger partial charge in [-0.25, -0.2) is 0 Å². The predicted molar refractivity (Wildman–Crippen MR) is 85.8 cm³/mol. The lowest BCUT2D eigenvalue weighted by atomic mass is 10.2. The minimum Gasteiger partial charge on any atom is -0.185 e. The van der Waals surface area contributed by atoms with Gasteiger partial charge in [0, 0.05) is 9.37 Å². The van der Waals surface area contributed by atoms with E-state index >= 15 is 0 Å². The second-order valence-electron chi connectivity index (χ2n) is 3.95. The summed E-state index contributed by atoms with van der Waals surface area (Å²) in [5, 5.41) is 1.05. The first kappa shape index (κ1) is 12.9. The smallest absolute Gasteiger partial charge is 0.115 e. The third-order valence-electron chi connectivity index (χ3n) is 2.58. The van der Waals surface area contributed by atoms with Crippen LogP contribution in [0.1, 0.15) is 0 Å². The number of aromatic nitrogens is 1. The fourth-order valence-electron chi connectivity index (χ4n) is 1.67. The molecule has 0 atom stereocenters. The number of hydrogen-bond donors (Lipinski definition) is 0. The minimum atomic E-state index is 1.05. The van der Waals surface area contributed by atoms with Gasteiger partial charge in [0.2, 0.25) is 0 Å². The van der Waals surface area contributed by atoms with Crippen molar-refractivity contribution in [2.24, 2.45) is 0 Å². The van der Waals surface area contributed by atoms with Gasteiger partial charge in [-0.3, -0.25) is 0 Å². The van der Waals surface area contributed by atoms with Crippen molar-refractivity contribution in [3.8, 4) is 10.4 Å². The third-order valence-corrected chi connectivity index (χ3v) is 4.99. The van der Waals surface area contributed by atoms with E-state index in [9.17, 15) is 0 Å². The highest BCUT2D eigenvalue weighted by Crippen LogP contribution is 2.33. The highest BCUT2D eigenvalue weighted by atomic mass is 79.9. The highest BCUT2D eigenvalue weighted by molar-refractivity contribution is 9.10. The molecule has 0 fully saturated rings. The number of hydrogen-bond acceptors (Lipinski definition) is 3. The second-order valence-corrected chi connectivity index (χ2v) is 6.77. The Morgan fingerprint density at radius 1 is 0.947 bits per heavy atom. The molecule has 0 N–H and O–H groups in total. The minimum absolute atomic E-state index is 1.05. The average molecular weight is 348 g/mol. The van der Waals surface area contributed by atoms with Gasteiger partial charge in [-0.15, -0.1) is 0 Å². The van der Waals surface area contributed by atoms with Crippen molar-refractivity contribution < 1.29 is 0 Å². The zero-order valence-electron chi connectivity index (χ0n) is 9.92. The molecular formula is C15H10BrNS2. The van der Waals surface area contributed by atoms with E-state index in [0.29, 0.717) is 0 Å². The molecule has 3 rings (SSSR count). The molecule has 0 aliphatic carbocycles. The zero-order valence-corrected chi connectivity index (χ0v) is 13.1. The lowest BCUT2D eigenvalue weighted by molar-refractivity contribution is 1.28. The van der Waals surface area contributed by atoms with Crippen LogP contribution >= 0.6 is 39.2 Å². The summed E-state index contributed by atoms with van der Waals surface area (Å²) in [5.41, 5.74) is 1.22. The van der Waals surface area contributed by atoms with E-state index in [2.05, 4.69) is 62.8 Å². The van der Waals surface area contributed by atoms with Crippen LogP contribution in [-0.4, -0.2) is 4.37 Å². The van der Waals surface area contributed by atoms with Gasteiger partial charge in [0.05, 0.1) is 4.88 Å². The first-order valence-electron chi connectivity index (χ1n) is 5.77. The summed E-state index contributed by atoms with van der Waals surface area (Å²) in [6, 6.07) is 20.8. The fraction of sp³-hybridized carbons (Fsp3) is 0. The summed E-state index contributed by atoms with van der Waals surface area (Å²) in [7, 11) is 0. The van der Waals surface area contributed by atoms with Crippen molar-refractivity contribution >= 4 is 39.2 Å². The third kappa shape index (κ3) is 3.26. The molecule has 0 bridgehead atoms. The van der Waals surface area contributed by atoms with E-state index < -0.39 is 0 Å². The molecule has 0 saturated heterocycles. The van der Waals surface area contributed by atoms with E-state index in [4.69, 9.17) is 0 Å². The van der Waals surface area contributed by atoms with Gasteiger partial charge >= 0.3 is 0 Å². The van der Waals surface area contributed by atoms with Crippen LogP contribution in [0, 0.1) is 0 Å². The van der Waals surface area contributed by atoms with Crippen molar-refractivity contribution in [3.63, 3.8) is 0 Å². The Kier molecular flexibility index (Phi) is 4.01. The highest BCUT2D eigenvalue weighted by Gasteiger charge is 2.05. The molecule has 1 heterocycles. The van der Waals surface area contributed by atoms with Crippen LogP contribution in [0.5, 0.6) is 0 Å². The van der Waals surface area contributed by atoms with E-state index in [1.165, 1.54) is 15.3 Å². The van der Waals surface area contributed by atoms with Crippen LogP contribution in [0.4, 0.5) is 0 Å². The molecule has 0 aliphatic rings. The molecule has 0 aliphatic heterocycles. The maximum Gasteiger partial charge on any atom is 0.115 e. The maximum absolute atomic E-state index is 4.50. The van der Waals surface area contributed by atoms with E-state index in [0.717, 1.165) is 9.50 Å². The van der Waals surface area contributed by atoms with Gasteiger partial charge in [-0.1, -0.05) is 58.0 Å². The van der Waals surface area contributed by atoms with Gasteiger partial charge in [0.1, 0.15) is 5.03 Å². The Morgan fingerprint density at radius 3 is 2.42 bits per heavy atom. The molecule has 0 saturated carbocycles. The lowest BCUT2D eigenvalue weighted by Crippen LogP contribution is -1.72. The molecule has 19 heavy (non-hydrogen) atoms. The molecule has 0 unspecified atom stereocenters. The molecule has 94 valence electrons. The number of rotatable bonds is 3. The molecule has 0 spiro atoms. The van der Waals surface area contributed by atoms with Crippen LogP contribution in [0.15, 0.2) is 75.1 Å². The molecule has 3 aromatic rings. The van der Waals surface area contributed by atoms with Crippen LogP contribution in [0.3, 0.4) is 0 Å². The van der Waals surface area contributed by atoms with E-state index in [-0.39, 0.29) is 0 Å². The fourth-order valence-corrected chi connectivity index (χ4v) is 3.61. The summed E-state index contributed by atoms with van der Waals surface area (Å²) in [5.74, 6) is 0. The predicted octanol–water partition coefficient (Wildman–Crippen LogP) is 5.72. The van der Waals surface area contributed by atoms with Gasteiger partial charge < -0.3 is 0 Å². The SMILES string of the molecule is Brc1ccc(Sc2cc(-c3ccccc3)sn2)cc1.